The first-order chi connectivity index (χ1) is 11.0. The Balaban J connectivity index is 1.82. The van der Waals surface area contributed by atoms with E-state index in [9.17, 15) is 0 Å². The van der Waals surface area contributed by atoms with Gasteiger partial charge in [-0.3, -0.25) is 5.41 Å². The van der Waals surface area contributed by atoms with Crippen LogP contribution in [0, 0.1) is 5.41 Å². The molecule has 118 valence electrons. The zero-order chi connectivity index (χ0) is 16.4. The Kier molecular flexibility index (Phi) is 4.73. The minimum atomic E-state index is -0.0855. The fourth-order valence-corrected chi connectivity index (χ4v) is 4.03. The molecular weight excluding hydrogens is 372 g/mol. The van der Waals surface area contributed by atoms with Crippen LogP contribution in [-0.4, -0.2) is 11.1 Å². The van der Waals surface area contributed by atoms with Crippen LogP contribution in [0.25, 0.3) is 10.8 Å². The van der Waals surface area contributed by atoms with Crippen LogP contribution in [0.5, 0.6) is 0 Å². The summed E-state index contributed by atoms with van der Waals surface area (Å²) in [5.74, 6) is 1.12. The average molecular weight is 389 g/mol. The number of rotatable bonds is 3. The van der Waals surface area contributed by atoms with E-state index in [4.69, 9.17) is 16.9 Å². The van der Waals surface area contributed by atoms with Gasteiger partial charge in [-0.2, -0.15) is 4.99 Å². The molecule has 1 atom stereocenters. The quantitative estimate of drug-likeness (QED) is 0.420. The lowest BCUT2D eigenvalue weighted by Crippen LogP contribution is -2.23. The highest BCUT2D eigenvalue weighted by Crippen LogP contribution is 2.35. The van der Waals surface area contributed by atoms with Crippen LogP contribution < -0.4 is 11.5 Å². The number of nitrogens with two attached hydrogens (primary N) is 2. The topological polar surface area (TPSA) is 88.2 Å². The number of benzene rings is 2. The summed E-state index contributed by atoms with van der Waals surface area (Å²) in [6.45, 7) is 0. The van der Waals surface area contributed by atoms with Gasteiger partial charge in [-0.15, -0.1) is 0 Å². The molecule has 23 heavy (non-hydrogen) atoms. The van der Waals surface area contributed by atoms with Crippen molar-refractivity contribution in [1.82, 2.24) is 0 Å². The molecule has 6 heteroatoms. The van der Waals surface area contributed by atoms with Gasteiger partial charge in [0.2, 0.25) is 0 Å². The molecule has 0 heterocycles. The molecule has 3 rings (SSSR count). The van der Waals surface area contributed by atoms with Crippen LogP contribution in [0.4, 0.5) is 0 Å². The summed E-state index contributed by atoms with van der Waals surface area (Å²) in [6, 6.07) is 10.8. The van der Waals surface area contributed by atoms with E-state index >= 15 is 0 Å². The van der Waals surface area contributed by atoms with Crippen molar-refractivity contribution in [3.8, 4) is 0 Å². The predicted octanol–water partition coefficient (Wildman–Crippen LogP) is 4.09. The summed E-state index contributed by atoms with van der Waals surface area (Å²) in [5, 5.41) is 10.2. The summed E-state index contributed by atoms with van der Waals surface area (Å²) in [7, 11) is 0. The molecule has 1 aliphatic rings. The van der Waals surface area contributed by atoms with Crippen molar-refractivity contribution in [2.45, 2.75) is 18.1 Å². The minimum absolute atomic E-state index is 0.0855. The summed E-state index contributed by atoms with van der Waals surface area (Å²) in [4.78, 5) is 3.73. The number of hydrogen-bond donors (Lipinski definition) is 3. The zero-order valence-corrected chi connectivity index (χ0v) is 14.8. The highest BCUT2D eigenvalue weighted by Gasteiger charge is 2.14. The van der Waals surface area contributed by atoms with Gasteiger partial charge >= 0.3 is 0 Å². The Hall–Kier alpha value is -1.79. The summed E-state index contributed by atoms with van der Waals surface area (Å²) >= 11 is 4.99. The molecule has 0 bridgehead atoms. The van der Waals surface area contributed by atoms with Gasteiger partial charge in [-0.25, -0.2) is 0 Å². The third-order valence-corrected chi connectivity index (χ3v) is 5.60. The Morgan fingerprint density at radius 3 is 2.74 bits per heavy atom. The Morgan fingerprint density at radius 1 is 1.30 bits per heavy atom. The van der Waals surface area contributed by atoms with Gasteiger partial charge < -0.3 is 11.5 Å². The smallest absolute Gasteiger partial charge is 0.193 e. The van der Waals surface area contributed by atoms with Crippen molar-refractivity contribution in [3.05, 3.63) is 58.1 Å². The maximum absolute atomic E-state index is 7.70. The van der Waals surface area contributed by atoms with Gasteiger partial charge in [0.05, 0.1) is 0 Å². The number of hydrogen-bond acceptors (Lipinski definition) is 2. The van der Waals surface area contributed by atoms with E-state index in [0.29, 0.717) is 11.7 Å². The van der Waals surface area contributed by atoms with Crippen LogP contribution in [0.15, 0.2) is 51.9 Å². The second-order valence-electron chi connectivity index (χ2n) is 5.42. The molecule has 0 saturated carbocycles. The molecular formula is C17H17BrN4S. The monoisotopic (exact) mass is 388 g/mol. The van der Waals surface area contributed by atoms with E-state index in [-0.39, 0.29) is 11.1 Å². The number of halogens is 1. The van der Waals surface area contributed by atoms with Gasteiger partial charge in [0, 0.05) is 16.1 Å². The highest BCUT2D eigenvalue weighted by atomic mass is 79.9. The van der Waals surface area contributed by atoms with Gasteiger partial charge in [0.15, 0.2) is 11.1 Å². The molecule has 5 N–H and O–H groups in total. The average Bonchev–Trinajstić information content (AvgIpc) is 2.44. The van der Waals surface area contributed by atoms with E-state index in [0.717, 1.165) is 16.5 Å². The van der Waals surface area contributed by atoms with Crippen molar-refractivity contribution >= 4 is 49.6 Å². The lowest BCUT2D eigenvalue weighted by molar-refractivity contribution is 0.795. The first-order valence-corrected chi connectivity index (χ1v) is 9.01. The fourth-order valence-electron chi connectivity index (χ4n) is 2.51. The number of nitrogens with zero attached hydrogens (tertiary/aromatic N) is 1. The third-order valence-electron chi connectivity index (χ3n) is 3.84. The molecule has 0 saturated heterocycles. The molecule has 2 aromatic carbocycles. The largest absolute Gasteiger partial charge is 0.370 e. The molecule has 0 fully saturated rings. The Morgan fingerprint density at radius 2 is 2.09 bits per heavy atom. The van der Waals surface area contributed by atoms with E-state index < -0.39 is 0 Å². The third kappa shape index (κ3) is 3.59. The summed E-state index contributed by atoms with van der Waals surface area (Å²) in [5.41, 5.74) is 13.0. The van der Waals surface area contributed by atoms with Crippen LogP contribution in [-0.2, 0) is 5.75 Å². The second-order valence-corrected chi connectivity index (χ2v) is 7.18. The number of thioether (sulfide) groups is 1. The molecule has 4 nitrogen and oxygen atoms in total. The normalized spacial score (nSPS) is 16.1. The number of nitrogens with one attached hydrogen (secondary N) is 1. The van der Waals surface area contributed by atoms with E-state index in [1.165, 1.54) is 28.1 Å². The molecule has 0 aliphatic heterocycles. The van der Waals surface area contributed by atoms with Crippen molar-refractivity contribution in [3.63, 3.8) is 0 Å². The van der Waals surface area contributed by atoms with Gasteiger partial charge in [0.25, 0.3) is 0 Å². The molecule has 2 aromatic rings. The van der Waals surface area contributed by atoms with Crippen molar-refractivity contribution in [2.24, 2.45) is 16.5 Å². The first kappa shape index (κ1) is 16.1. The molecule has 0 radical (unpaired) electrons. The predicted molar refractivity (Wildman–Crippen MR) is 103 cm³/mol. The van der Waals surface area contributed by atoms with Crippen molar-refractivity contribution < 1.29 is 0 Å². The lowest BCUT2D eigenvalue weighted by atomic mass is 9.87. The first-order valence-electron chi connectivity index (χ1n) is 7.23. The summed E-state index contributed by atoms with van der Waals surface area (Å²) < 4.78 is 1.07. The maximum Gasteiger partial charge on any atom is 0.193 e. The van der Waals surface area contributed by atoms with Crippen molar-refractivity contribution in [1.29, 1.82) is 5.41 Å². The molecule has 1 unspecified atom stereocenters. The van der Waals surface area contributed by atoms with Crippen LogP contribution in [0.3, 0.4) is 0 Å². The number of allylic oxidation sites excluding steroid dienone is 2. The number of fused-ring (bicyclic) bond motifs is 1. The van der Waals surface area contributed by atoms with E-state index in [1.807, 2.05) is 0 Å². The fraction of sp³-hybridized carbons (Fsp3) is 0.176. The number of guanidine groups is 1. The van der Waals surface area contributed by atoms with Gasteiger partial charge in [0.1, 0.15) is 0 Å². The van der Waals surface area contributed by atoms with Crippen LogP contribution in [0.2, 0.25) is 0 Å². The number of amidine groups is 1. The highest BCUT2D eigenvalue weighted by molar-refractivity contribution is 9.10. The zero-order valence-electron chi connectivity index (χ0n) is 12.4. The summed E-state index contributed by atoms with van der Waals surface area (Å²) in [6.07, 6.45) is 5.58. The van der Waals surface area contributed by atoms with Gasteiger partial charge in [-0.1, -0.05) is 54.2 Å². The molecule has 1 aliphatic carbocycles. The second kappa shape index (κ2) is 6.76. The van der Waals surface area contributed by atoms with Crippen LogP contribution in [0.1, 0.15) is 23.5 Å². The minimum Gasteiger partial charge on any atom is -0.370 e. The lowest BCUT2D eigenvalue weighted by Gasteiger charge is -2.19. The van der Waals surface area contributed by atoms with Gasteiger partial charge in [-0.05, 0) is 44.3 Å². The van der Waals surface area contributed by atoms with Crippen LogP contribution >= 0.6 is 27.7 Å². The Bertz CT molecular complexity index is 825. The van der Waals surface area contributed by atoms with Crippen molar-refractivity contribution in [2.75, 3.05) is 0 Å². The Labute approximate surface area is 147 Å². The molecule has 0 amide bonds. The molecule has 0 spiro atoms. The number of aliphatic imine (C=N–C) groups is 1. The molecule has 0 aromatic heterocycles. The maximum atomic E-state index is 7.70. The SMILES string of the molecule is N=C(N=C(N)N)SCc1ccc2cc(C3C=CC3)ccc2c1Br. The van der Waals surface area contributed by atoms with E-state index in [2.05, 4.69) is 63.4 Å². The standard InChI is InChI=1S/C17H17BrN4S/c18-15-13(9-23-17(21)22-16(19)20)5-4-12-8-11(6-7-14(12)15)10-2-1-3-10/h1-2,4-8,10H,3,9H2,(H5,19,20,21,22). The van der Waals surface area contributed by atoms with E-state index in [1.54, 1.807) is 0 Å².